The van der Waals surface area contributed by atoms with Crippen LogP contribution in [0, 0.1) is 11.8 Å². The number of aromatic nitrogens is 1. The Morgan fingerprint density at radius 2 is 2.11 bits per heavy atom. The third-order valence-corrected chi connectivity index (χ3v) is 6.82. The molecule has 0 bridgehead atoms. The number of amides is 1. The van der Waals surface area contributed by atoms with Crippen LogP contribution >= 0.6 is 11.3 Å². The largest absolute Gasteiger partial charge is 0.465 e. The number of hydrogen-bond acceptors (Lipinski definition) is 4. The van der Waals surface area contributed by atoms with Crippen molar-refractivity contribution in [3.8, 4) is 0 Å². The molecule has 1 N–H and O–H groups in total. The molecule has 6 heteroatoms. The lowest BCUT2D eigenvalue weighted by molar-refractivity contribution is 0.159. The topological polar surface area (TPSA) is 56.7 Å². The molecule has 5 nitrogen and oxygen atoms in total. The molecule has 3 heterocycles. The summed E-state index contributed by atoms with van der Waals surface area (Å²) in [6.07, 6.45) is 5.63. The van der Waals surface area contributed by atoms with Crippen LogP contribution in [0.2, 0.25) is 0 Å². The van der Waals surface area contributed by atoms with Gasteiger partial charge in [0, 0.05) is 18.5 Å². The Balaban J connectivity index is 1.56. The van der Waals surface area contributed by atoms with E-state index in [4.69, 9.17) is 4.98 Å². The summed E-state index contributed by atoms with van der Waals surface area (Å²) < 4.78 is 1.19. The van der Waals surface area contributed by atoms with Crippen LogP contribution in [0.1, 0.15) is 36.8 Å². The van der Waals surface area contributed by atoms with Gasteiger partial charge in [-0.2, -0.15) is 0 Å². The van der Waals surface area contributed by atoms with Crippen LogP contribution in [0.3, 0.4) is 0 Å². The van der Waals surface area contributed by atoms with Crippen LogP contribution in [0.15, 0.2) is 24.3 Å². The summed E-state index contributed by atoms with van der Waals surface area (Å²) in [5, 5.41) is 10.8. The highest BCUT2D eigenvalue weighted by Gasteiger charge is 2.25. The van der Waals surface area contributed by atoms with Crippen LogP contribution < -0.4 is 0 Å². The fourth-order valence-electron chi connectivity index (χ4n) is 4.10. The Labute approximate surface area is 164 Å². The summed E-state index contributed by atoms with van der Waals surface area (Å²) in [6.45, 7) is 4.99. The fourth-order valence-corrected chi connectivity index (χ4v) is 5.16. The number of fused-ring (bicyclic) bond motifs is 1. The number of likely N-dealkylation sites (tertiary alicyclic amines) is 1. The maximum absolute atomic E-state index is 11.7. The van der Waals surface area contributed by atoms with E-state index in [1.54, 1.807) is 11.3 Å². The summed E-state index contributed by atoms with van der Waals surface area (Å²) >= 11 is 1.78. The minimum atomic E-state index is -0.880. The number of piperidine rings is 1. The molecular formula is C21H27N3O2S. The summed E-state index contributed by atoms with van der Waals surface area (Å²) in [4.78, 5) is 20.4. The second-order valence-electron chi connectivity index (χ2n) is 8.06. The molecule has 2 aliphatic rings. The van der Waals surface area contributed by atoms with E-state index in [0.717, 1.165) is 35.5 Å². The van der Waals surface area contributed by atoms with Crippen molar-refractivity contribution in [1.82, 2.24) is 14.8 Å². The number of rotatable bonds is 3. The normalized spacial score (nSPS) is 22.2. The monoisotopic (exact) mass is 385 g/mol. The molecule has 1 fully saturated rings. The molecule has 27 heavy (non-hydrogen) atoms. The molecule has 1 aromatic carbocycles. The number of carboxylic acid groups (broad SMARTS) is 1. The number of allylic oxidation sites excluding steroid dienone is 1. The van der Waals surface area contributed by atoms with Crippen molar-refractivity contribution in [2.24, 2.45) is 11.8 Å². The molecule has 1 aromatic heterocycles. The third kappa shape index (κ3) is 4.01. The number of hydrogen-bond donors (Lipinski definition) is 1. The van der Waals surface area contributed by atoms with Crippen molar-refractivity contribution >= 4 is 33.3 Å². The molecule has 1 atom stereocenters. The minimum Gasteiger partial charge on any atom is -0.465 e. The van der Waals surface area contributed by atoms with Crippen LogP contribution in [-0.4, -0.2) is 52.7 Å². The predicted octanol–water partition coefficient (Wildman–Crippen LogP) is 4.54. The Morgan fingerprint density at radius 1 is 1.33 bits per heavy atom. The molecule has 0 aliphatic carbocycles. The molecule has 0 unspecified atom stereocenters. The van der Waals surface area contributed by atoms with Crippen molar-refractivity contribution in [3.63, 3.8) is 0 Å². The Kier molecular flexibility index (Phi) is 5.19. The number of thiazole rings is 1. The van der Waals surface area contributed by atoms with Crippen molar-refractivity contribution in [3.05, 3.63) is 34.8 Å². The summed E-state index contributed by atoms with van der Waals surface area (Å²) in [5.74, 6) is 1.08. The highest BCUT2D eigenvalue weighted by Crippen LogP contribution is 2.32. The minimum absolute atomic E-state index is 0.356. The first kappa shape index (κ1) is 18.4. The van der Waals surface area contributed by atoms with E-state index in [2.05, 4.69) is 37.1 Å². The van der Waals surface area contributed by atoms with Gasteiger partial charge in [-0.3, -0.25) is 4.90 Å². The highest BCUT2D eigenvalue weighted by molar-refractivity contribution is 7.18. The van der Waals surface area contributed by atoms with Gasteiger partial charge in [0.1, 0.15) is 0 Å². The van der Waals surface area contributed by atoms with Crippen LogP contribution in [-0.2, 0) is 6.42 Å². The van der Waals surface area contributed by atoms with E-state index in [1.165, 1.54) is 40.5 Å². The zero-order valence-electron chi connectivity index (χ0n) is 16.0. The zero-order chi connectivity index (χ0) is 19.0. The molecule has 2 aromatic rings. The summed E-state index contributed by atoms with van der Waals surface area (Å²) in [5.41, 5.74) is 2.74. The third-order valence-electron chi connectivity index (χ3n) is 5.76. The maximum Gasteiger partial charge on any atom is 0.411 e. The van der Waals surface area contributed by atoms with Gasteiger partial charge >= 0.3 is 6.09 Å². The van der Waals surface area contributed by atoms with Crippen molar-refractivity contribution in [2.45, 2.75) is 32.6 Å². The van der Waals surface area contributed by atoms with Gasteiger partial charge < -0.3 is 10.0 Å². The van der Waals surface area contributed by atoms with E-state index < -0.39 is 6.09 Å². The molecule has 0 saturated carbocycles. The second kappa shape index (κ2) is 7.60. The first-order chi connectivity index (χ1) is 13.0. The molecular weight excluding hydrogens is 358 g/mol. The van der Waals surface area contributed by atoms with Gasteiger partial charge in [-0.1, -0.05) is 19.1 Å². The lowest BCUT2D eigenvalue weighted by Crippen LogP contribution is -2.34. The Hall–Kier alpha value is -1.92. The second-order valence-corrected chi connectivity index (χ2v) is 9.18. The van der Waals surface area contributed by atoms with Gasteiger partial charge in [-0.15, -0.1) is 11.3 Å². The lowest BCUT2D eigenvalue weighted by atomic mass is 9.94. The van der Waals surface area contributed by atoms with Crippen molar-refractivity contribution in [2.75, 3.05) is 26.7 Å². The van der Waals surface area contributed by atoms with E-state index in [-0.39, 0.29) is 0 Å². The van der Waals surface area contributed by atoms with Gasteiger partial charge in [-0.05, 0) is 63.4 Å². The van der Waals surface area contributed by atoms with Crippen LogP contribution in [0.5, 0.6) is 0 Å². The molecule has 1 saturated heterocycles. The van der Waals surface area contributed by atoms with Gasteiger partial charge in [0.2, 0.25) is 0 Å². The number of nitrogens with zero attached hydrogens (tertiary/aromatic N) is 3. The Morgan fingerprint density at radius 3 is 2.85 bits per heavy atom. The van der Waals surface area contributed by atoms with Gasteiger partial charge in [0.05, 0.1) is 20.9 Å². The summed E-state index contributed by atoms with van der Waals surface area (Å²) in [7, 11) is 2.19. The van der Waals surface area contributed by atoms with Gasteiger partial charge in [0.25, 0.3) is 0 Å². The average Bonchev–Trinajstić information content (AvgIpc) is 3.05. The molecule has 0 radical (unpaired) electrons. The highest BCUT2D eigenvalue weighted by atomic mass is 32.1. The maximum atomic E-state index is 11.7. The van der Waals surface area contributed by atoms with Crippen LogP contribution in [0.25, 0.3) is 15.9 Å². The van der Waals surface area contributed by atoms with Crippen molar-refractivity contribution in [1.29, 1.82) is 0 Å². The van der Waals surface area contributed by atoms with E-state index in [9.17, 15) is 9.90 Å². The lowest BCUT2D eigenvalue weighted by Gasteiger charge is -2.29. The quantitative estimate of drug-likeness (QED) is 0.843. The molecule has 144 valence electrons. The standard InChI is InChI=1S/C21H27N3O2S/c1-14-3-5-18(24(13-14)21(25)26)16-4-6-19-17(12-16)22-20(27-19)11-15-7-9-23(2)10-8-15/h4-6,12,14-15H,3,7-11,13H2,1-2H3,(H,25,26)/t14-/m0/s1. The van der Waals surface area contributed by atoms with Crippen LogP contribution in [0.4, 0.5) is 4.79 Å². The fraction of sp³-hybridized carbons (Fsp3) is 0.524. The van der Waals surface area contributed by atoms with Gasteiger partial charge in [-0.25, -0.2) is 9.78 Å². The van der Waals surface area contributed by atoms with Crippen molar-refractivity contribution < 1.29 is 9.90 Å². The molecule has 0 spiro atoms. The molecule has 4 rings (SSSR count). The van der Waals surface area contributed by atoms with E-state index in [0.29, 0.717) is 12.5 Å². The molecule has 2 aliphatic heterocycles. The zero-order valence-corrected chi connectivity index (χ0v) is 16.8. The molecule has 1 amide bonds. The SMILES string of the molecule is C[C@H]1CC=C(c2ccc3sc(CC4CCN(C)CC4)nc3c2)N(C(=O)O)C1. The summed E-state index contributed by atoms with van der Waals surface area (Å²) in [6, 6.07) is 6.19. The van der Waals surface area contributed by atoms with Gasteiger partial charge in [0.15, 0.2) is 0 Å². The van der Waals surface area contributed by atoms with E-state index in [1.807, 2.05) is 6.07 Å². The number of carbonyl (C=O) groups is 1. The first-order valence-corrected chi connectivity index (χ1v) is 10.6. The van der Waals surface area contributed by atoms with E-state index >= 15 is 0 Å². The Bertz CT molecular complexity index is 867. The number of benzene rings is 1. The predicted molar refractivity (Wildman–Crippen MR) is 110 cm³/mol. The average molecular weight is 386 g/mol. The smallest absolute Gasteiger partial charge is 0.411 e. The first-order valence-electron chi connectivity index (χ1n) is 9.78.